The average molecular weight is 503 g/mol. The Hall–Kier alpha value is -0.530. The Morgan fingerprint density at radius 1 is 0.972 bits per heavy atom. The molecule has 36 heavy (non-hydrogen) atoms. The van der Waals surface area contributed by atoms with Crippen LogP contribution in [0.1, 0.15) is 93.4 Å². The lowest BCUT2D eigenvalue weighted by Gasteiger charge is -2.62. The molecule has 6 nitrogen and oxygen atoms in total. The molecule has 3 N–H and O–H groups in total. The molecule has 3 spiro atoms. The van der Waals surface area contributed by atoms with Gasteiger partial charge in [-0.3, -0.25) is 4.79 Å². The van der Waals surface area contributed by atoms with Crippen molar-refractivity contribution in [1.29, 1.82) is 0 Å². The highest BCUT2D eigenvalue weighted by molar-refractivity contribution is 5.89. The summed E-state index contributed by atoms with van der Waals surface area (Å²) >= 11 is 0. The summed E-state index contributed by atoms with van der Waals surface area (Å²) in [6.07, 6.45) is 4.09. The number of hydrogen-bond acceptors (Lipinski definition) is 6. The SMILES string of the molecule is C[C@@H]1C[C@@H]2O[C@@]3(O[C@H]2C(C)(C)O)[C@H](O)[C@@]2(C)[C@@H]4CC[C@H]5C(C)(C)[C@@H](O)CC[C@@]56C[C@@]46CC(=O)[C@]2(C)[C@@H]13. The number of carbonyl (C=O) groups is 1. The molecule has 7 fully saturated rings. The quantitative estimate of drug-likeness (QED) is 0.504. The number of aliphatic hydroxyl groups excluding tert-OH is 2. The van der Waals surface area contributed by atoms with Crippen molar-refractivity contribution in [3.63, 3.8) is 0 Å². The molecule has 2 saturated heterocycles. The van der Waals surface area contributed by atoms with Crippen molar-refractivity contribution in [2.75, 3.05) is 0 Å². The first kappa shape index (κ1) is 24.5. The minimum absolute atomic E-state index is 0.0883. The molecule has 202 valence electrons. The van der Waals surface area contributed by atoms with E-state index in [1.54, 1.807) is 13.8 Å². The van der Waals surface area contributed by atoms with Crippen LogP contribution in [0, 0.1) is 50.7 Å². The predicted octanol–water partition coefficient (Wildman–Crippen LogP) is 3.84. The highest BCUT2D eigenvalue weighted by Crippen LogP contribution is 2.89. The smallest absolute Gasteiger partial charge is 0.200 e. The number of ketones is 1. The lowest BCUT2D eigenvalue weighted by Crippen LogP contribution is -2.63. The number of hydrogen-bond donors (Lipinski definition) is 3. The van der Waals surface area contributed by atoms with Crippen LogP contribution in [0.15, 0.2) is 0 Å². The summed E-state index contributed by atoms with van der Waals surface area (Å²) in [4.78, 5) is 14.6. The molecule has 2 heterocycles. The maximum Gasteiger partial charge on any atom is 0.200 e. The molecule has 0 aromatic carbocycles. The Labute approximate surface area is 215 Å². The largest absolute Gasteiger partial charge is 0.393 e. The van der Waals surface area contributed by atoms with Gasteiger partial charge in [-0.2, -0.15) is 0 Å². The van der Waals surface area contributed by atoms with E-state index >= 15 is 0 Å². The number of rotatable bonds is 1. The molecule has 7 rings (SSSR count). The van der Waals surface area contributed by atoms with E-state index < -0.39 is 34.4 Å². The Bertz CT molecular complexity index is 1030. The third-order valence-corrected chi connectivity index (χ3v) is 14.0. The molecule has 0 aromatic heterocycles. The minimum atomic E-state index is -1.25. The molecular formula is C30H46O6. The second-order valence-corrected chi connectivity index (χ2v) is 15.8. The monoisotopic (exact) mass is 502 g/mol. The molecule has 7 aliphatic rings. The van der Waals surface area contributed by atoms with E-state index in [4.69, 9.17) is 9.47 Å². The normalized spacial score (nSPS) is 62.6. The number of aliphatic hydroxyl groups is 3. The van der Waals surface area contributed by atoms with Crippen LogP contribution in [0.4, 0.5) is 0 Å². The Morgan fingerprint density at radius 3 is 2.31 bits per heavy atom. The summed E-state index contributed by atoms with van der Waals surface area (Å²) in [7, 11) is 0. The summed E-state index contributed by atoms with van der Waals surface area (Å²) in [5.41, 5.74) is -2.68. The van der Waals surface area contributed by atoms with Crippen molar-refractivity contribution < 1.29 is 29.6 Å². The number of ether oxygens (including phenoxy) is 2. The van der Waals surface area contributed by atoms with Crippen LogP contribution in [-0.2, 0) is 14.3 Å². The highest BCUT2D eigenvalue weighted by atomic mass is 16.8. The summed E-state index contributed by atoms with van der Waals surface area (Å²) in [6.45, 7) is 14.4. The van der Waals surface area contributed by atoms with E-state index in [9.17, 15) is 20.1 Å². The summed E-state index contributed by atoms with van der Waals surface area (Å²) in [6, 6.07) is 0. The van der Waals surface area contributed by atoms with Crippen LogP contribution in [0.2, 0.25) is 0 Å². The lowest BCUT2D eigenvalue weighted by molar-refractivity contribution is -0.282. The van der Waals surface area contributed by atoms with Crippen molar-refractivity contribution in [3.05, 3.63) is 0 Å². The molecule has 0 amide bonds. The van der Waals surface area contributed by atoms with Gasteiger partial charge in [-0.25, -0.2) is 0 Å². The van der Waals surface area contributed by atoms with Gasteiger partial charge in [-0.1, -0.05) is 34.6 Å². The first-order chi connectivity index (χ1) is 16.5. The third-order valence-electron chi connectivity index (χ3n) is 14.0. The fourth-order valence-corrected chi connectivity index (χ4v) is 12.4. The molecule has 5 saturated carbocycles. The number of carbonyl (C=O) groups excluding carboxylic acids is 1. The Kier molecular flexibility index (Phi) is 4.38. The van der Waals surface area contributed by atoms with Crippen LogP contribution < -0.4 is 0 Å². The third kappa shape index (κ3) is 2.24. The molecule has 0 radical (unpaired) electrons. The van der Waals surface area contributed by atoms with Gasteiger partial charge in [0.05, 0.1) is 17.8 Å². The molecule has 6 heteroatoms. The van der Waals surface area contributed by atoms with Gasteiger partial charge >= 0.3 is 0 Å². The summed E-state index contributed by atoms with van der Waals surface area (Å²) in [5, 5.41) is 34.3. The predicted molar refractivity (Wildman–Crippen MR) is 133 cm³/mol. The highest BCUT2D eigenvalue weighted by Gasteiger charge is 2.90. The van der Waals surface area contributed by atoms with E-state index in [0.717, 1.165) is 38.5 Å². The zero-order valence-electron chi connectivity index (χ0n) is 23.1. The van der Waals surface area contributed by atoms with Gasteiger partial charge in [0.15, 0.2) is 5.79 Å². The van der Waals surface area contributed by atoms with Crippen molar-refractivity contribution >= 4 is 5.78 Å². The number of Topliss-reactive ketones (excluding diaryl/α,β-unsaturated/α-hetero) is 1. The molecule has 2 bridgehead atoms. The molecule has 5 aliphatic carbocycles. The van der Waals surface area contributed by atoms with Crippen molar-refractivity contribution in [1.82, 2.24) is 0 Å². The van der Waals surface area contributed by atoms with E-state index in [-0.39, 0.29) is 52.0 Å². The fraction of sp³-hybridized carbons (Fsp3) is 0.967. The number of fused-ring (bicyclic) bond motifs is 4. The Morgan fingerprint density at radius 2 is 1.64 bits per heavy atom. The second-order valence-electron chi connectivity index (χ2n) is 15.8. The van der Waals surface area contributed by atoms with E-state index in [1.807, 2.05) is 0 Å². The second kappa shape index (κ2) is 6.43. The van der Waals surface area contributed by atoms with Gasteiger partial charge in [0.1, 0.15) is 18.0 Å². The van der Waals surface area contributed by atoms with Crippen molar-refractivity contribution in [2.24, 2.45) is 50.7 Å². The zero-order chi connectivity index (χ0) is 26.1. The van der Waals surface area contributed by atoms with Gasteiger partial charge in [0, 0.05) is 23.2 Å². The van der Waals surface area contributed by atoms with Crippen LogP contribution in [0.5, 0.6) is 0 Å². The topological polar surface area (TPSA) is 96.2 Å². The molecule has 0 aromatic rings. The molecule has 2 aliphatic heterocycles. The van der Waals surface area contributed by atoms with Crippen LogP contribution >= 0.6 is 0 Å². The van der Waals surface area contributed by atoms with Crippen molar-refractivity contribution in [2.45, 2.75) is 129 Å². The summed E-state index contributed by atoms with van der Waals surface area (Å²) < 4.78 is 13.3. The van der Waals surface area contributed by atoms with Crippen LogP contribution in [0.3, 0.4) is 0 Å². The molecular weight excluding hydrogens is 456 g/mol. The van der Waals surface area contributed by atoms with Gasteiger partial charge in [0.25, 0.3) is 0 Å². The first-order valence-electron chi connectivity index (χ1n) is 14.5. The van der Waals surface area contributed by atoms with Gasteiger partial charge in [-0.15, -0.1) is 0 Å². The van der Waals surface area contributed by atoms with Crippen LogP contribution in [0.25, 0.3) is 0 Å². The van der Waals surface area contributed by atoms with Crippen LogP contribution in [-0.4, -0.2) is 56.9 Å². The van der Waals surface area contributed by atoms with E-state index in [1.165, 1.54) is 0 Å². The maximum absolute atomic E-state index is 14.6. The summed E-state index contributed by atoms with van der Waals surface area (Å²) in [5.74, 6) is -0.457. The molecule has 13 atom stereocenters. The van der Waals surface area contributed by atoms with Gasteiger partial charge in [-0.05, 0) is 86.4 Å². The Balaban J connectivity index is 1.36. The molecule has 0 unspecified atom stereocenters. The van der Waals surface area contributed by atoms with Gasteiger partial charge in [0.2, 0.25) is 0 Å². The average Bonchev–Trinajstić information content (AvgIpc) is 3.27. The lowest BCUT2D eigenvalue weighted by atomic mass is 9.41. The standard InChI is InChI=1S/C30H46O6/c1-15-12-16-22(25(4,5)34)36-30(35-16)21(15)27(7)20(32)13-29-14-28(29)11-10-19(31)24(2,3)17(28)8-9-18(29)26(27,6)23(30)33/h15-19,21-23,31,33-34H,8-14H2,1-7H3/t15-,16+,17+,18+,19+,21-,22-,23-,26-,27-,28-,29+,30+/m1/s1. The van der Waals surface area contributed by atoms with Crippen molar-refractivity contribution in [3.8, 4) is 0 Å². The minimum Gasteiger partial charge on any atom is -0.393 e. The van der Waals surface area contributed by atoms with E-state index in [2.05, 4.69) is 34.6 Å². The first-order valence-corrected chi connectivity index (χ1v) is 14.5. The maximum atomic E-state index is 14.6. The van der Waals surface area contributed by atoms with Gasteiger partial charge < -0.3 is 24.8 Å². The zero-order valence-corrected chi connectivity index (χ0v) is 23.1. The van der Waals surface area contributed by atoms with E-state index in [0.29, 0.717) is 12.3 Å². The fourth-order valence-electron chi connectivity index (χ4n) is 12.4.